The monoisotopic (exact) mass is 290 g/mol. The molecule has 1 unspecified atom stereocenters. The number of hydrogen-bond acceptors (Lipinski definition) is 1. The van der Waals surface area contributed by atoms with Crippen LogP contribution in [0.3, 0.4) is 0 Å². The molecule has 4 heteroatoms. The smallest absolute Gasteiger partial charge is 0.303 e. The Morgan fingerprint density at radius 3 is 2.19 bits per heavy atom. The highest BCUT2D eigenvalue weighted by Gasteiger charge is 2.13. The Morgan fingerprint density at radius 1 is 1.05 bits per heavy atom. The van der Waals surface area contributed by atoms with E-state index in [1.807, 2.05) is 19.1 Å². The molecular weight excluding hydrogens is 274 g/mol. The summed E-state index contributed by atoms with van der Waals surface area (Å²) in [6, 6.07) is 11.0. The van der Waals surface area contributed by atoms with Crippen LogP contribution in [-0.2, 0) is 4.79 Å². The zero-order valence-corrected chi connectivity index (χ0v) is 11.6. The van der Waals surface area contributed by atoms with E-state index < -0.39 is 17.6 Å². The van der Waals surface area contributed by atoms with Crippen molar-refractivity contribution >= 4 is 5.97 Å². The van der Waals surface area contributed by atoms with Gasteiger partial charge in [0.25, 0.3) is 0 Å². The molecule has 1 atom stereocenters. The summed E-state index contributed by atoms with van der Waals surface area (Å²) in [5.41, 5.74) is 2.29. The highest BCUT2D eigenvalue weighted by Crippen LogP contribution is 2.27. The number of rotatable bonds is 5. The van der Waals surface area contributed by atoms with Crippen LogP contribution >= 0.6 is 0 Å². The van der Waals surface area contributed by atoms with Crippen LogP contribution in [0.2, 0.25) is 0 Å². The highest BCUT2D eigenvalue weighted by molar-refractivity contribution is 5.68. The Bertz CT molecular complexity index is 636. The van der Waals surface area contributed by atoms with Gasteiger partial charge >= 0.3 is 5.97 Å². The molecule has 0 saturated carbocycles. The minimum atomic E-state index is -0.881. The predicted octanol–water partition coefficient (Wildman–Crippen LogP) is 4.60. The minimum absolute atomic E-state index is 0.0403. The van der Waals surface area contributed by atoms with Crippen molar-refractivity contribution < 1.29 is 18.7 Å². The number of halogens is 2. The first-order valence-electron chi connectivity index (χ1n) is 6.78. The third-order valence-electron chi connectivity index (χ3n) is 3.55. The second-order valence-corrected chi connectivity index (χ2v) is 4.95. The summed E-state index contributed by atoms with van der Waals surface area (Å²) >= 11 is 0. The van der Waals surface area contributed by atoms with Crippen molar-refractivity contribution in [3.63, 3.8) is 0 Å². The Kier molecular flexibility index (Phi) is 4.68. The summed E-state index contributed by atoms with van der Waals surface area (Å²) < 4.78 is 26.2. The fraction of sp³-hybridized carbons (Fsp3) is 0.235. The van der Waals surface area contributed by atoms with Gasteiger partial charge in [0, 0.05) is 0 Å². The van der Waals surface area contributed by atoms with Crippen molar-refractivity contribution in [1.82, 2.24) is 0 Å². The third kappa shape index (κ3) is 3.66. The van der Waals surface area contributed by atoms with Crippen LogP contribution in [-0.4, -0.2) is 11.1 Å². The van der Waals surface area contributed by atoms with Gasteiger partial charge in [-0.3, -0.25) is 4.79 Å². The number of aliphatic carboxylic acids is 1. The standard InChI is InChI=1S/C17H16F2O2/c1-2-11(10-17(20)21)12-3-5-13(6-4-12)14-7-8-15(18)16(19)9-14/h3-9,11H,2,10H2,1H3,(H,20,21). The van der Waals surface area contributed by atoms with Gasteiger partial charge < -0.3 is 5.11 Å². The van der Waals surface area contributed by atoms with E-state index in [-0.39, 0.29) is 12.3 Å². The number of carboxylic acids is 1. The molecular formula is C17H16F2O2. The van der Waals surface area contributed by atoms with Gasteiger partial charge in [0.2, 0.25) is 0 Å². The number of carbonyl (C=O) groups is 1. The minimum Gasteiger partial charge on any atom is -0.481 e. The fourth-order valence-corrected chi connectivity index (χ4v) is 2.33. The van der Waals surface area contributed by atoms with Gasteiger partial charge in [-0.2, -0.15) is 0 Å². The summed E-state index contributed by atoms with van der Waals surface area (Å²) in [5.74, 6) is -2.62. The van der Waals surface area contributed by atoms with E-state index in [0.29, 0.717) is 5.56 Å². The number of carboxylic acid groups (broad SMARTS) is 1. The van der Waals surface area contributed by atoms with Crippen molar-refractivity contribution in [1.29, 1.82) is 0 Å². The van der Waals surface area contributed by atoms with E-state index in [1.165, 1.54) is 6.07 Å². The Balaban J connectivity index is 2.25. The lowest BCUT2D eigenvalue weighted by Gasteiger charge is -2.13. The summed E-state index contributed by atoms with van der Waals surface area (Å²) in [6.07, 6.45) is 0.817. The number of benzene rings is 2. The van der Waals surface area contributed by atoms with Crippen LogP contribution in [0.5, 0.6) is 0 Å². The van der Waals surface area contributed by atoms with Crippen LogP contribution in [0.1, 0.15) is 31.2 Å². The Labute approximate surface area is 122 Å². The van der Waals surface area contributed by atoms with E-state index in [2.05, 4.69) is 0 Å². The molecule has 2 aromatic rings. The van der Waals surface area contributed by atoms with Crippen molar-refractivity contribution in [2.45, 2.75) is 25.7 Å². The zero-order valence-electron chi connectivity index (χ0n) is 11.6. The molecule has 0 aliphatic rings. The molecule has 0 amide bonds. The third-order valence-corrected chi connectivity index (χ3v) is 3.55. The molecule has 0 bridgehead atoms. The van der Waals surface area contributed by atoms with Gasteiger partial charge in [-0.05, 0) is 41.2 Å². The highest BCUT2D eigenvalue weighted by atomic mass is 19.2. The first-order chi connectivity index (χ1) is 10.0. The first kappa shape index (κ1) is 15.2. The van der Waals surface area contributed by atoms with E-state index in [4.69, 9.17) is 5.11 Å². The van der Waals surface area contributed by atoms with Gasteiger partial charge in [-0.15, -0.1) is 0 Å². The molecule has 0 fully saturated rings. The predicted molar refractivity (Wildman–Crippen MR) is 77.1 cm³/mol. The average molecular weight is 290 g/mol. The SMILES string of the molecule is CCC(CC(=O)O)c1ccc(-c2ccc(F)c(F)c2)cc1. The van der Waals surface area contributed by atoms with Gasteiger partial charge in [0.05, 0.1) is 6.42 Å². The molecule has 0 aliphatic heterocycles. The molecule has 0 spiro atoms. The molecule has 21 heavy (non-hydrogen) atoms. The Morgan fingerprint density at radius 2 is 1.67 bits per heavy atom. The van der Waals surface area contributed by atoms with Crippen molar-refractivity contribution in [3.8, 4) is 11.1 Å². The lowest BCUT2D eigenvalue weighted by molar-refractivity contribution is -0.137. The summed E-state index contributed by atoms with van der Waals surface area (Å²) in [6.45, 7) is 1.94. The largest absolute Gasteiger partial charge is 0.481 e. The van der Waals surface area contributed by atoms with Crippen LogP contribution < -0.4 is 0 Å². The van der Waals surface area contributed by atoms with E-state index in [1.54, 1.807) is 12.1 Å². The van der Waals surface area contributed by atoms with Gasteiger partial charge in [-0.1, -0.05) is 37.3 Å². The van der Waals surface area contributed by atoms with Gasteiger partial charge in [-0.25, -0.2) is 8.78 Å². The van der Waals surface area contributed by atoms with Gasteiger partial charge in [0.1, 0.15) is 0 Å². The van der Waals surface area contributed by atoms with Crippen molar-refractivity contribution in [2.75, 3.05) is 0 Å². The number of hydrogen-bond donors (Lipinski definition) is 1. The van der Waals surface area contributed by atoms with E-state index in [9.17, 15) is 13.6 Å². The summed E-state index contributed by atoms with van der Waals surface area (Å²) in [7, 11) is 0. The molecule has 2 nitrogen and oxygen atoms in total. The zero-order chi connectivity index (χ0) is 15.4. The van der Waals surface area contributed by atoms with E-state index in [0.717, 1.165) is 29.7 Å². The molecule has 2 aromatic carbocycles. The van der Waals surface area contributed by atoms with Gasteiger partial charge in [0.15, 0.2) is 11.6 Å². The van der Waals surface area contributed by atoms with Crippen LogP contribution in [0, 0.1) is 11.6 Å². The normalized spacial score (nSPS) is 12.1. The summed E-state index contributed by atoms with van der Waals surface area (Å²) in [5, 5.41) is 8.89. The molecule has 0 heterocycles. The van der Waals surface area contributed by atoms with Crippen LogP contribution in [0.15, 0.2) is 42.5 Å². The maximum atomic E-state index is 13.2. The maximum Gasteiger partial charge on any atom is 0.303 e. The summed E-state index contributed by atoms with van der Waals surface area (Å²) in [4.78, 5) is 10.8. The first-order valence-corrected chi connectivity index (χ1v) is 6.78. The molecule has 2 rings (SSSR count). The quantitative estimate of drug-likeness (QED) is 0.873. The topological polar surface area (TPSA) is 37.3 Å². The second-order valence-electron chi connectivity index (χ2n) is 4.95. The maximum absolute atomic E-state index is 13.2. The van der Waals surface area contributed by atoms with Crippen LogP contribution in [0.4, 0.5) is 8.78 Å². The lowest BCUT2D eigenvalue weighted by atomic mass is 9.92. The van der Waals surface area contributed by atoms with Crippen molar-refractivity contribution in [3.05, 3.63) is 59.7 Å². The molecule has 0 saturated heterocycles. The Hall–Kier alpha value is -2.23. The van der Waals surface area contributed by atoms with E-state index >= 15 is 0 Å². The van der Waals surface area contributed by atoms with Crippen LogP contribution in [0.25, 0.3) is 11.1 Å². The molecule has 0 radical (unpaired) electrons. The molecule has 0 aromatic heterocycles. The van der Waals surface area contributed by atoms with Crippen molar-refractivity contribution in [2.24, 2.45) is 0 Å². The lowest BCUT2D eigenvalue weighted by Crippen LogP contribution is -2.05. The molecule has 110 valence electrons. The second kappa shape index (κ2) is 6.48. The fourth-order valence-electron chi connectivity index (χ4n) is 2.33. The molecule has 1 N–H and O–H groups in total. The average Bonchev–Trinajstić information content (AvgIpc) is 2.47. The molecule has 0 aliphatic carbocycles.